The van der Waals surface area contributed by atoms with Gasteiger partial charge < -0.3 is 9.64 Å². The van der Waals surface area contributed by atoms with Gasteiger partial charge >= 0.3 is 12.1 Å². The Morgan fingerprint density at radius 2 is 1.89 bits per heavy atom. The summed E-state index contributed by atoms with van der Waals surface area (Å²) < 4.78 is 44.7. The lowest BCUT2D eigenvalue weighted by atomic mass is 10.2. The standard InChI is InChI=1S/C18H19ClF3N3O3/c1-3-28-14(26)10-24(11-18(20,21)22)17(27)15-12(2)23-25(16(15)19)9-13-7-5-4-6-8-13/h4-8H,3,9-11H2,1-2H3. The molecule has 1 amide bonds. The number of amides is 1. The number of benzene rings is 1. The molecular formula is C18H19ClF3N3O3. The third kappa shape index (κ3) is 5.72. The van der Waals surface area contributed by atoms with Gasteiger partial charge in [0, 0.05) is 0 Å². The first-order valence-corrected chi connectivity index (χ1v) is 8.78. The summed E-state index contributed by atoms with van der Waals surface area (Å²) in [6, 6.07) is 9.11. The zero-order valence-electron chi connectivity index (χ0n) is 15.3. The third-order valence-electron chi connectivity index (χ3n) is 3.74. The number of alkyl halides is 3. The molecular weight excluding hydrogens is 399 g/mol. The molecule has 2 aromatic rings. The normalized spacial score (nSPS) is 11.4. The fraction of sp³-hybridized carbons (Fsp3) is 0.389. The van der Waals surface area contributed by atoms with Gasteiger partial charge in [0.2, 0.25) is 0 Å². The van der Waals surface area contributed by atoms with Crippen molar-refractivity contribution in [1.29, 1.82) is 0 Å². The summed E-state index contributed by atoms with van der Waals surface area (Å²) in [4.78, 5) is 24.8. The highest BCUT2D eigenvalue weighted by Crippen LogP contribution is 2.25. The number of aromatic nitrogens is 2. The van der Waals surface area contributed by atoms with Gasteiger partial charge in [-0.3, -0.25) is 9.59 Å². The largest absolute Gasteiger partial charge is 0.465 e. The summed E-state index contributed by atoms with van der Waals surface area (Å²) in [7, 11) is 0. The fourth-order valence-electron chi connectivity index (χ4n) is 2.59. The molecule has 0 fully saturated rings. The maximum Gasteiger partial charge on any atom is 0.406 e. The van der Waals surface area contributed by atoms with Crippen LogP contribution in [0.1, 0.15) is 28.5 Å². The van der Waals surface area contributed by atoms with Crippen LogP contribution in [0, 0.1) is 6.92 Å². The van der Waals surface area contributed by atoms with E-state index in [0.29, 0.717) is 4.90 Å². The molecule has 10 heteroatoms. The second-order valence-electron chi connectivity index (χ2n) is 5.98. The average Bonchev–Trinajstić information content (AvgIpc) is 2.87. The van der Waals surface area contributed by atoms with Crippen LogP contribution in [0.15, 0.2) is 30.3 Å². The molecule has 0 N–H and O–H groups in total. The zero-order valence-corrected chi connectivity index (χ0v) is 16.0. The molecule has 0 bridgehead atoms. The minimum atomic E-state index is -4.69. The van der Waals surface area contributed by atoms with E-state index < -0.39 is 31.1 Å². The topological polar surface area (TPSA) is 64.4 Å². The predicted octanol–water partition coefficient (Wildman–Crippen LogP) is 3.46. The summed E-state index contributed by atoms with van der Waals surface area (Å²) in [6.07, 6.45) is -4.69. The summed E-state index contributed by atoms with van der Waals surface area (Å²) in [5.41, 5.74) is 0.845. The number of nitrogens with zero attached hydrogens (tertiary/aromatic N) is 3. The van der Waals surface area contributed by atoms with Crippen molar-refractivity contribution in [2.24, 2.45) is 0 Å². The molecule has 0 radical (unpaired) electrons. The molecule has 0 atom stereocenters. The van der Waals surface area contributed by atoms with Crippen LogP contribution in [0.2, 0.25) is 5.15 Å². The van der Waals surface area contributed by atoms with Crippen molar-refractivity contribution in [3.63, 3.8) is 0 Å². The van der Waals surface area contributed by atoms with Crippen LogP contribution in [-0.2, 0) is 16.1 Å². The Kier molecular flexibility index (Phi) is 7.06. The number of rotatable bonds is 7. The predicted molar refractivity (Wildman–Crippen MR) is 96.1 cm³/mol. The summed E-state index contributed by atoms with van der Waals surface area (Å²) in [5, 5.41) is 4.07. The number of hydrogen-bond acceptors (Lipinski definition) is 4. The molecule has 1 aromatic carbocycles. The maximum absolute atomic E-state index is 12.9. The molecule has 1 heterocycles. The van der Waals surface area contributed by atoms with Gasteiger partial charge in [-0.1, -0.05) is 41.9 Å². The van der Waals surface area contributed by atoms with Crippen molar-refractivity contribution in [2.45, 2.75) is 26.6 Å². The summed E-state index contributed by atoms with van der Waals surface area (Å²) in [6.45, 7) is 0.766. The number of carbonyl (C=O) groups is 2. The number of esters is 1. The highest BCUT2D eigenvalue weighted by molar-refractivity contribution is 6.33. The number of ether oxygens (including phenoxy) is 1. The maximum atomic E-state index is 12.9. The first-order chi connectivity index (χ1) is 13.1. The molecule has 0 aliphatic rings. The Hall–Kier alpha value is -2.55. The van der Waals surface area contributed by atoms with E-state index in [-0.39, 0.29) is 29.6 Å². The van der Waals surface area contributed by atoms with Crippen LogP contribution in [0.5, 0.6) is 0 Å². The smallest absolute Gasteiger partial charge is 0.406 e. The third-order valence-corrected chi connectivity index (χ3v) is 4.12. The second kappa shape index (κ2) is 9.09. The summed E-state index contributed by atoms with van der Waals surface area (Å²) in [5.74, 6) is -1.97. The average molecular weight is 418 g/mol. The SMILES string of the molecule is CCOC(=O)CN(CC(F)(F)F)C(=O)c1c(C)nn(Cc2ccccc2)c1Cl. The van der Waals surface area contributed by atoms with Crippen LogP contribution in [0.25, 0.3) is 0 Å². The van der Waals surface area contributed by atoms with Gasteiger partial charge in [0.25, 0.3) is 5.91 Å². The Balaban J connectivity index is 2.31. The van der Waals surface area contributed by atoms with Crippen molar-refractivity contribution in [1.82, 2.24) is 14.7 Å². The molecule has 0 saturated carbocycles. The first-order valence-electron chi connectivity index (χ1n) is 8.40. The van der Waals surface area contributed by atoms with E-state index in [1.165, 1.54) is 18.5 Å². The van der Waals surface area contributed by atoms with Crippen LogP contribution >= 0.6 is 11.6 Å². The minimum absolute atomic E-state index is 0.0122. The van der Waals surface area contributed by atoms with E-state index in [0.717, 1.165) is 5.56 Å². The Morgan fingerprint density at radius 1 is 1.25 bits per heavy atom. The van der Waals surface area contributed by atoms with Gasteiger partial charge in [-0.2, -0.15) is 18.3 Å². The molecule has 0 spiro atoms. The quantitative estimate of drug-likeness (QED) is 0.647. The lowest BCUT2D eigenvalue weighted by Crippen LogP contribution is -2.42. The van der Waals surface area contributed by atoms with Crippen molar-refractivity contribution >= 4 is 23.5 Å². The van der Waals surface area contributed by atoms with Crippen molar-refractivity contribution in [2.75, 3.05) is 19.7 Å². The van der Waals surface area contributed by atoms with Crippen molar-refractivity contribution < 1.29 is 27.5 Å². The minimum Gasteiger partial charge on any atom is -0.465 e. The van der Waals surface area contributed by atoms with Crippen LogP contribution in [0.3, 0.4) is 0 Å². The van der Waals surface area contributed by atoms with Crippen LogP contribution in [0.4, 0.5) is 13.2 Å². The molecule has 152 valence electrons. The van der Waals surface area contributed by atoms with Crippen LogP contribution in [-0.4, -0.2) is 52.4 Å². The molecule has 0 aliphatic carbocycles. The summed E-state index contributed by atoms with van der Waals surface area (Å²) >= 11 is 6.24. The highest BCUT2D eigenvalue weighted by Gasteiger charge is 2.36. The van der Waals surface area contributed by atoms with Crippen molar-refractivity contribution in [3.05, 3.63) is 52.3 Å². The lowest BCUT2D eigenvalue weighted by molar-refractivity contribution is -0.153. The van der Waals surface area contributed by atoms with E-state index in [4.69, 9.17) is 11.6 Å². The number of carbonyl (C=O) groups excluding carboxylic acids is 2. The molecule has 0 saturated heterocycles. The van der Waals surface area contributed by atoms with Crippen molar-refractivity contribution in [3.8, 4) is 0 Å². The van der Waals surface area contributed by atoms with E-state index in [2.05, 4.69) is 9.84 Å². The molecule has 2 rings (SSSR count). The van der Waals surface area contributed by atoms with E-state index >= 15 is 0 Å². The van der Waals surface area contributed by atoms with E-state index in [1.807, 2.05) is 30.3 Å². The zero-order chi connectivity index (χ0) is 20.9. The van der Waals surface area contributed by atoms with Gasteiger partial charge in [-0.05, 0) is 19.4 Å². The number of halogens is 4. The highest BCUT2D eigenvalue weighted by atomic mass is 35.5. The number of aryl methyl sites for hydroxylation is 1. The lowest BCUT2D eigenvalue weighted by Gasteiger charge is -2.23. The number of hydrogen-bond donors (Lipinski definition) is 0. The Labute approximate surface area is 164 Å². The van der Waals surface area contributed by atoms with E-state index in [1.54, 1.807) is 0 Å². The molecule has 0 aliphatic heterocycles. The second-order valence-corrected chi connectivity index (χ2v) is 6.33. The monoisotopic (exact) mass is 417 g/mol. The van der Waals surface area contributed by atoms with Gasteiger partial charge in [0.15, 0.2) is 0 Å². The molecule has 1 aromatic heterocycles. The molecule has 28 heavy (non-hydrogen) atoms. The fourth-order valence-corrected chi connectivity index (χ4v) is 2.91. The Bertz CT molecular complexity index is 838. The molecule has 6 nitrogen and oxygen atoms in total. The van der Waals surface area contributed by atoms with Gasteiger partial charge in [-0.25, -0.2) is 4.68 Å². The van der Waals surface area contributed by atoms with Gasteiger partial charge in [0.05, 0.1) is 24.4 Å². The molecule has 0 unspecified atom stereocenters. The van der Waals surface area contributed by atoms with Gasteiger partial charge in [0.1, 0.15) is 18.2 Å². The van der Waals surface area contributed by atoms with Gasteiger partial charge in [-0.15, -0.1) is 0 Å². The first kappa shape index (κ1) is 21.7. The van der Waals surface area contributed by atoms with Crippen LogP contribution < -0.4 is 0 Å². The Morgan fingerprint density at radius 3 is 2.46 bits per heavy atom. The van der Waals surface area contributed by atoms with E-state index in [9.17, 15) is 22.8 Å².